The largest absolute Gasteiger partial charge is 0.396 e. The summed E-state index contributed by atoms with van der Waals surface area (Å²) in [5, 5.41) is 12.9. The van der Waals surface area contributed by atoms with Gasteiger partial charge in [0, 0.05) is 11.8 Å². The van der Waals surface area contributed by atoms with Crippen LogP contribution >= 0.6 is 11.3 Å². The summed E-state index contributed by atoms with van der Waals surface area (Å²) in [5.41, 5.74) is 5.60. The van der Waals surface area contributed by atoms with Gasteiger partial charge in [0.1, 0.15) is 5.82 Å². The minimum Gasteiger partial charge on any atom is -0.396 e. The third kappa shape index (κ3) is 2.86. The van der Waals surface area contributed by atoms with Crippen LogP contribution in [-0.2, 0) is 0 Å². The number of thiophene rings is 1. The third-order valence-corrected chi connectivity index (χ3v) is 3.29. The molecule has 98 valence electrons. The second-order valence-corrected chi connectivity index (χ2v) is 4.65. The van der Waals surface area contributed by atoms with Crippen molar-refractivity contribution < 1.29 is 14.1 Å². The molecule has 0 radical (unpaired) electrons. The number of rotatable bonds is 3. The number of amides is 1. The Kier molecular flexibility index (Phi) is 3.43. The van der Waals surface area contributed by atoms with Crippen LogP contribution in [0.25, 0.3) is 0 Å². The highest BCUT2D eigenvalue weighted by atomic mass is 32.1. The molecule has 0 saturated carbocycles. The molecule has 0 saturated heterocycles. The molecular weight excluding hydrogens is 273 g/mol. The first-order valence-corrected chi connectivity index (χ1v) is 5.89. The van der Waals surface area contributed by atoms with Crippen LogP contribution in [0.5, 0.6) is 0 Å². The first kappa shape index (κ1) is 13.0. The Labute approximate surface area is 110 Å². The molecule has 2 rings (SSSR count). The summed E-state index contributed by atoms with van der Waals surface area (Å²) in [5.74, 6) is -1.09. The molecule has 0 aliphatic carbocycles. The fraction of sp³-hybridized carbons (Fsp3) is 0. The highest BCUT2D eigenvalue weighted by Gasteiger charge is 2.15. The van der Waals surface area contributed by atoms with E-state index in [1.54, 1.807) is 0 Å². The molecule has 2 aromatic rings. The smallest absolute Gasteiger partial charge is 0.324 e. The molecule has 1 aromatic carbocycles. The van der Waals surface area contributed by atoms with Crippen molar-refractivity contribution in [3.05, 3.63) is 51.1 Å². The summed E-state index contributed by atoms with van der Waals surface area (Å²) in [6, 6.07) is 6.35. The topological polar surface area (TPSA) is 98.3 Å². The third-order valence-electron chi connectivity index (χ3n) is 2.25. The highest BCUT2D eigenvalue weighted by molar-refractivity contribution is 7.17. The number of nitro groups is 1. The maximum atomic E-state index is 12.9. The van der Waals surface area contributed by atoms with E-state index < -0.39 is 16.6 Å². The van der Waals surface area contributed by atoms with Gasteiger partial charge in [-0.25, -0.2) is 4.39 Å². The van der Waals surface area contributed by atoms with Gasteiger partial charge in [-0.2, -0.15) is 0 Å². The zero-order valence-electron chi connectivity index (χ0n) is 9.42. The Bertz CT molecular complexity index is 656. The van der Waals surface area contributed by atoms with Gasteiger partial charge < -0.3 is 11.1 Å². The zero-order valence-corrected chi connectivity index (χ0v) is 10.2. The van der Waals surface area contributed by atoms with Gasteiger partial charge in [0.25, 0.3) is 5.91 Å². The summed E-state index contributed by atoms with van der Waals surface area (Å²) in [6.07, 6.45) is 0. The molecule has 0 atom stereocenters. The van der Waals surface area contributed by atoms with Gasteiger partial charge in [0.2, 0.25) is 0 Å². The molecule has 0 aliphatic heterocycles. The second-order valence-electron chi connectivity index (χ2n) is 3.59. The Balaban J connectivity index is 2.15. The van der Waals surface area contributed by atoms with Gasteiger partial charge in [-0.1, -0.05) is 11.3 Å². The van der Waals surface area contributed by atoms with Crippen molar-refractivity contribution in [1.29, 1.82) is 0 Å². The van der Waals surface area contributed by atoms with Gasteiger partial charge >= 0.3 is 5.00 Å². The number of benzene rings is 1. The van der Waals surface area contributed by atoms with E-state index in [0.29, 0.717) is 5.69 Å². The highest BCUT2D eigenvalue weighted by Crippen LogP contribution is 2.25. The SMILES string of the molecule is Nc1cc(NC(=O)c2ccc([N+](=O)[O-])s2)ccc1F. The van der Waals surface area contributed by atoms with Gasteiger partial charge in [0.05, 0.1) is 15.5 Å². The van der Waals surface area contributed by atoms with Crippen LogP contribution in [0.15, 0.2) is 30.3 Å². The quantitative estimate of drug-likeness (QED) is 0.513. The molecule has 19 heavy (non-hydrogen) atoms. The molecular formula is C11H8FN3O3S. The van der Waals surface area contributed by atoms with Gasteiger partial charge in [0.15, 0.2) is 0 Å². The van der Waals surface area contributed by atoms with E-state index in [9.17, 15) is 19.3 Å². The van der Waals surface area contributed by atoms with Crippen molar-refractivity contribution in [2.24, 2.45) is 0 Å². The van der Waals surface area contributed by atoms with E-state index in [-0.39, 0.29) is 15.6 Å². The van der Waals surface area contributed by atoms with Crippen LogP contribution in [0.1, 0.15) is 9.67 Å². The number of nitrogens with two attached hydrogens (primary N) is 1. The molecule has 0 bridgehead atoms. The standard InChI is InChI=1S/C11H8FN3O3S/c12-7-2-1-6(5-8(7)13)14-11(16)9-3-4-10(19-9)15(17)18/h1-5H,13H2,(H,14,16). The lowest BCUT2D eigenvalue weighted by atomic mass is 10.2. The minimum atomic E-state index is -0.579. The number of anilines is 2. The predicted molar refractivity (Wildman–Crippen MR) is 69.7 cm³/mol. The number of nitrogen functional groups attached to an aromatic ring is 1. The molecule has 1 heterocycles. The number of carbonyl (C=O) groups excluding carboxylic acids is 1. The van der Waals surface area contributed by atoms with Crippen LogP contribution in [0, 0.1) is 15.9 Å². The summed E-state index contributed by atoms with van der Waals surface area (Å²) in [6.45, 7) is 0. The lowest BCUT2D eigenvalue weighted by molar-refractivity contribution is -0.380. The van der Waals surface area contributed by atoms with Crippen molar-refractivity contribution in [2.45, 2.75) is 0 Å². The first-order chi connectivity index (χ1) is 8.97. The summed E-state index contributed by atoms with van der Waals surface area (Å²) >= 11 is 0.759. The van der Waals surface area contributed by atoms with E-state index in [1.165, 1.54) is 24.3 Å². The average molecular weight is 281 g/mol. The van der Waals surface area contributed by atoms with E-state index in [4.69, 9.17) is 5.73 Å². The van der Waals surface area contributed by atoms with Gasteiger partial charge in [-0.3, -0.25) is 14.9 Å². The maximum Gasteiger partial charge on any atom is 0.324 e. The molecule has 0 fully saturated rings. The molecule has 3 N–H and O–H groups in total. The lowest BCUT2D eigenvalue weighted by Crippen LogP contribution is -2.10. The average Bonchev–Trinajstić information content (AvgIpc) is 2.83. The number of nitrogens with one attached hydrogen (secondary N) is 1. The molecule has 6 nitrogen and oxygen atoms in total. The van der Waals surface area contributed by atoms with Crippen LogP contribution in [0.3, 0.4) is 0 Å². The monoisotopic (exact) mass is 281 g/mol. The fourth-order valence-corrected chi connectivity index (χ4v) is 2.08. The van der Waals surface area contributed by atoms with Crippen LogP contribution in [-0.4, -0.2) is 10.8 Å². The Morgan fingerprint density at radius 2 is 2.11 bits per heavy atom. The molecule has 8 heteroatoms. The molecule has 0 aliphatic rings. The van der Waals surface area contributed by atoms with Crippen molar-refractivity contribution in [3.63, 3.8) is 0 Å². The van der Waals surface area contributed by atoms with Crippen molar-refractivity contribution in [2.75, 3.05) is 11.1 Å². The first-order valence-electron chi connectivity index (χ1n) is 5.08. The second kappa shape index (κ2) is 5.02. The Morgan fingerprint density at radius 1 is 1.37 bits per heavy atom. The number of halogens is 1. The molecule has 0 spiro atoms. The summed E-state index contributed by atoms with van der Waals surface area (Å²) in [7, 11) is 0. The van der Waals surface area contributed by atoms with Gasteiger partial charge in [-0.15, -0.1) is 0 Å². The number of hydrogen-bond acceptors (Lipinski definition) is 5. The summed E-state index contributed by atoms with van der Waals surface area (Å²) < 4.78 is 12.9. The normalized spacial score (nSPS) is 10.2. The predicted octanol–water partition coefficient (Wildman–Crippen LogP) is 2.63. The minimum absolute atomic E-state index is 0.0880. The number of nitrogens with zero attached hydrogens (tertiary/aromatic N) is 1. The Hall–Kier alpha value is -2.48. The lowest BCUT2D eigenvalue weighted by Gasteiger charge is -2.04. The van der Waals surface area contributed by atoms with E-state index in [1.807, 2.05) is 0 Å². The van der Waals surface area contributed by atoms with E-state index in [0.717, 1.165) is 17.4 Å². The van der Waals surface area contributed by atoms with Crippen molar-refractivity contribution in [1.82, 2.24) is 0 Å². The van der Waals surface area contributed by atoms with Crippen molar-refractivity contribution in [3.8, 4) is 0 Å². The van der Waals surface area contributed by atoms with Gasteiger partial charge in [-0.05, 0) is 24.3 Å². The van der Waals surface area contributed by atoms with Crippen LogP contribution < -0.4 is 11.1 Å². The number of hydrogen-bond donors (Lipinski definition) is 2. The maximum absolute atomic E-state index is 12.9. The molecule has 1 aromatic heterocycles. The zero-order chi connectivity index (χ0) is 14.0. The fourth-order valence-electron chi connectivity index (χ4n) is 1.36. The molecule has 0 unspecified atom stereocenters. The van der Waals surface area contributed by atoms with E-state index >= 15 is 0 Å². The van der Waals surface area contributed by atoms with Crippen LogP contribution in [0.4, 0.5) is 20.8 Å². The Morgan fingerprint density at radius 3 is 2.68 bits per heavy atom. The molecule has 1 amide bonds. The van der Waals surface area contributed by atoms with E-state index in [2.05, 4.69) is 5.32 Å². The van der Waals surface area contributed by atoms with Crippen LogP contribution in [0.2, 0.25) is 0 Å². The number of carbonyl (C=O) groups is 1. The van der Waals surface area contributed by atoms with Crippen molar-refractivity contribution >= 4 is 33.6 Å². The summed E-state index contributed by atoms with van der Waals surface area (Å²) in [4.78, 5) is 21.9.